The van der Waals surface area contributed by atoms with E-state index in [0.717, 1.165) is 0 Å². The van der Waals surface area contributed by atoms with Gasteiger partial charge in [-0.2, -0.15) is 26.3 Å². The van der Waals surface area contributed by atoms with E-state index in [1.807, 2.05) is 11.6 Å². The first kappa shape index (κ1) is 15.6. The maximum absolute atomic E-state index is 11.7. The maximum Gasteiger partial charge on any atom is 0.402 e. The van der Waals surface area contributed by atoms with Gasteiger partial charge < -0.3 is 5.73 Å². The number of hydrogen-bond donors (Lipinski definition) is 3. The van der Waals surface area contributed by atoms with Crippen LogP contribution in [0, 0.1) is 0 Å². The molecule has 0 aliphatic rings. The van der Waals surface area contributed by atoms with E-state index < -0.39 is 22.9 Å². The average molecular weight is 263 g/mol. The monoisotopic (exact) mass is 263 g/mol. The first-order valence-electron chi connectivity index (χ1n) is 4.73. The van der Waals surface area contributed by atoms with Gasteiger partial charge in [0.15, 0.2) is 0 Å². The summed E-state index contributed by atoms with van der Waals surface area (Å²) in [5.74, 6) is 0. The summed E-state index contributed by atoms with van der Waals surface area (Å²) in [6.45, 7) is 0.269. The zero-order chi connectivity index (χ0) is 12.8. The highest BCUT2D eigenvalue weighted by atomic mass is 32.2. The van der Waals surface area contributed by atoms with Gasteiger partial charge in [0.1, 0.15) is 6.54 Å². The molecule has 0 bridgehead atoms. The Labute approximate surface area is 92.8 Å². The number of hydrogen-bond acceptors (Lipinski definition) is 3. The predicted molar refractivity (Wildman–Crippen MR) is 53.9 cm³/mol. The molecule has 98 valence electrons. The molecule has 4 N–H and O–H groups in total. The molecule has 0 spiro atoms. The predicted octanol–water partition coefficient (Wildman–Crippen LogP) is 0.100. The minimum absolute atomic E-state index is 0.0161. The Morgan fingerprint density at radius 2 is 1.88 bits per heavy atom. The van der Waals surface area contributed by atoms with Gasteiger partial charge in [-0.25, -0.2) is 4.72 Å². The van der Waals surface area contributed by atoms with E-state index in [1.165, 1.54) is 4.72 Å². The highest BCUT2D eigenvalue weighted by molar-refractivity contribution is 7.87. The molecule has 0 aromatic heterocycles. The third-order valence-electron chi connectivity index (χ3n) is 1.79. The van der Waals surface area contributed by atoms with Gasteiger partial charge in [0, 0.05) is 12.6 Å². The van der Waals surface area contributed by atoms with Crippen molar-refractivity contribution in [1.82, 2.24) is 9.44 Å². The van der Waals surface area contributed by atoms with Crippen molar-refractivity contribution in [2.75, 3.05) is 13.1 Å². The Balaban J connectivity index is 3.89. The second kappa shape index (κ2) is 6.38. The molecule has 5 nitrogen and oxygen atoms in total. The van der Waals surface area contributed by atoms with Crippen LogP contribution in [-0.4, -0.2) is 33.7 Å². The van der Waals surface area contributed by atoms with Crippen LogP contribution in [0.5, 0.6) is 0 Å². The van der Waals surface area contributed by atoms with E-state index in [1.54, 1.807) is 0 Å². The lowest BCUT2D eigenvalue weighted by Crippen LogP contribution is -2.42. The second-order valence-corrected chi connectivity index (χ2v) is 4.88. The molecular weight excluding hydrogens is 247 g/mol. The molecule has 0 radical (unpaired) electrons. The van der Waals surface area contributed by atoms with E-state index in [2.05, 4.69) is 0 Å². The van der Waals surface area contributed by atoms with Gasteiger partial charge in [0.25, 0.3) is 10.2 Å². The Hall–Kier alpha value is -0.380. The molecule has 0 saturated carbocycles. The molecule has 0 aromatic carbocycles. The standard InChI is InChI=1S/C7H16F3N3O2S/c1-2-6(11)3-4-12-16(14,15)13-5-7(8,9)10/h6,12-13H,2-5,11H2,1H3. The third kappa shape index (κ3) is 8.89. The maximum atomic E-state index is 11.7. The highest BCUT2D eigenvalue weighted by Gasteiger charge is 2.29. The molecule has 0 saturated heterocycles. The Morgan fingerprint density at radius 1 is 1.31 bits per heavy atom. The van der Waals surface area contributed by atoms with E-state index >= 15 is 0 Å². The van der Waals surface area contributed by atoms with Crippen LogP contribution in [0.1, 0.15) is 19.8 Å². The van der Waals surface area contributed by atoms with Crippen LogP contribution in [0.25, 0.3) is 0 Å². The van der Waals surface area contributed by atoms with Crippen LogP contribution < -0.4 is 15.2 Å². The van der Waals surface area contributed by atoms with E-state index in [9.17, 15) is 21.6 Å². The van der Waals surface area contributed by atoms with Crippen LogP contribution in [0.4, 0.5) is 13.2 Å². The number of alkyl halides is 3. The van der Waals surface area contributed by atoms with Crippen LogP contribution in [-0.2, 0) is 10.2 Å². The second-order valence-electron chi connectivity index (χ2n) is 3.29. The summed E-state index contributed by atoms with van der Waals surface area (Å²) in [5, 5.41) is 0. The molecule has 0 amide bonds. The topological polar surface area (TPSA) is 84.2 Å². The lowest BCUT2D eigenvalue weighted by Gasteiger charge is -2.12. The number of halogens is 3. The fraction of sp³-hybridized carbons (Fsp3) is 1.00. The SMILES string of the molecule is CCC(N)CCNS(=O)(=O)NCC(F)(F)F. The molecule has 0 rings (SSSR count). The molecule has 0 heterocycles. The van der Waals surface area contributed by atoms with Gasteiger partial charge in [-0.15, -0.1) is 0 Å². The summed E-state index contributed by atoms with van der Waals surface area (Å²) < 4.78 is 60.5. The highest BCUT2D eigenvalue weighted by Crippen LogP contribution is 2.12. The van der Waals surface area contributed by atoms with Crippen molar-refractivity contribution in [3.05, 3.63) is 0 Å². The molecule has 1 unspecified atom stereocenters. The van der Waals surface area contributed by atoms with Crippen LogP contribution >= 0.6 is 0 Å². The quantitative estimate of drug-likeness (QED) is 0.609. The molecule has 0 aromatic rings. The average Bonchev–Trinajstić information content (AvgIpc) is 2.13. The normalized spacial score (nSPS) is 15.1. The summed E-state index contributed by atoms with van der Waals surface area (Å²) in [6, 6.07) is -0.162. The Morgan fingerprint density at radius 3 is 2.31 bits per heavy atom. The van der Waals surface area contributed by atoms with Crippen molar-refractivity contribution in [3.63, 3.8) is 0 Å². The lowest BCUT2D eigenvalue weighted by atomic mass is 10.2. The largest absolute Gasteiger partial charge is 0.402 e. The molecule has 0 aliphatic heterocycles. The number of nitrogens with two attached hydrogens (primary N) is 1. The molecule has 16 heavy (non-hydrogen) atoms. The van der Waals surface area contributed by atoms with Crippen molar-refractivity contribution < 1.29 is 21.6 Å². The van der Waals surface area contributed by atoms with Crippen molar-refractivity contribution in [1.29, 1.82) is 0 Å². The minimum Gasteiger partial charge on any atom is -0.328 e. The first-order valence-corrected chi connectivity index (χ1v) is 6.21. The fourth-order valence-corrected chi connectivity index (χ4v) is 1.65. The summed E-state index contributed by atoms with van der Waals surface area (Å²) >= 11 is 0. The van der Waals surface area contributed by atoms with Crippen molar-refractivity contribution in [2.45, 2.75) is 32.0 Å². The molecular formula is C7H16F3N3O2S. The molecule has 9 heteroatoms. The smallest absolute Gasteiger partial charge is 0.328 e. The molecule has 1 atom stereocenters. The third-order valence-corrected chi connectivity index (χ3v) is 2.90. The first-order chi connectivity index (χ1) is 7.16. The minimum atomic E-state index is -4.56. The van der Waals surface area contributed by atoms with Gasteiger partial charge in [-0.1, -0.05) is 6.92 Å². The summed E-state index contributed by atoms with van der Waals surface area (Å²) in [7, 11) is -4.09. The van der Waals surface area contributed by atoms with Gasteiger partial charge in [0.2, 0.25) is 0 Å². The van der Waals surface area contributed by atoms with Gasteiger partial charge in [0.05, 0.1) is 0 Å². The summed E-state index contributed by atoms with van der Waals surface area (Å²) in [5.41, 5.74) is 5.51. The van der Waals surface area contributed by atoms with Crippen molar-refractivity contribution in [3.8, 4) is 0 Å². The van der Waals surface area contributed by atoms with Crippen molar-refractivity contribution in [2.24, 2.45) is 5.73 Å². The summed E-state index contributed by atoms with van der Waals surface area (Å²) in [6.07, 6.45) is -3.50. The van der Waals surface area contributed by atoms with Gasteiger partial charge in [-0.05, 0) is 12.8 Å². The van der Waals surface area contributed by atoms with Crippen LogP contribution in [0.2, 0.25) is 0 Å². The number of nitrogens with one attached hydrogen (secondary N) is 2. The molecule has 0 fully saturated rings. The summed E-state index contributed by atoms with van der Waals surface area (Å²) in [4.78, 5) is 0. The van der Waals surface area contributed by atoms with E-state index in [4.69, 9.17) is 5.73 Å². The van der Waals surface area contributed by atoms with Crippen LogP contribution in [0.15, 0.2) is 0 Å². The zero-order valence-electron chi connectivity index (χ0n) is 8.84. The zero-order valence-corrected chi connectivity index (χ0v) is 9.66. The van der Waals surface area contributed by atoms with E-state index in [0.29, 0.717) is 12.8 Å². The van der Waals surface area contributed by atoms with Gasteiger partial charge in [-0.3, -0.25) is 0 Å². The Kier molecular flexibility index (Phi) is 6.23. The van der Waals surface area contributed by atoms with Crippen molar-refractivity contribution >= 4 is 10.2 Å². The lowest BCUT2D eigenvalue weighted by molar-refractivity contribution is -0.121. The fourth-order valence-electron chi connectivity index (χ4n) is 0.811. The van der Waals surface area contributed by atoms with Gasteiger partial charge >= 0.3 is 6.18 Å². The Bertz CT molecular complexity index is 292. The number of rotatable bonds is 7. The van der Waals surface area contributed by atoms with E-state index in [-0.39, 0.29) is 12.6 Å². The van der Waals surface area contributed by atoms with Crippen LogP contribution in [0.3, 0.4) is 0 Å². The molecule has 0 aliphatic carbocycles.